The van der Waals surface area contributed by atoms with Crippen LogP contribution < -0.4 is 5.32 Å². The summed E-state index contributed by atoms with van der Waals surface area (Å²) in [5, 5.41) is 23.5. The number of nitrogens with one attached hydrogen (secondary N) is 1. The van der Waals surface area contributed by atoms with Crippen LogP contribution in [-0.4, -0.2) is 32.6 Å². The van der Waals surface area contributed by atoms with Crippen molar-refractivity contribution in [3.05, 3.63) is 16.4 Å². The minimum atomic E-state index is -1.07. The standard InChI is InChI=1S/C7H10BrN3O3/c8-6-3-5(4-12)11(10-6)2-1-9-7(13)14/h3,9,12H,1-2,4H2,(H,13,14). The highest BCUT2D eigenvalue weighted by Crippen LogP contribution is 2.10. The van der Waals surface area contributed by atoms with Crippen LogP contribution in [0.15, 0.2) is 10.7 Å². The first kappa shape index (κ1) is 11.0. The summed E-state index contributed by atoms with van der Waals surface area (Å²) < 4.78 is 2.16. The Labute approximate surface area is 88.7 Å². The summed E-state index contributed by atoms with van der Waals surface area (Å²) in [6.45, 7) is 0.538. The first-order valence-corrected chi connectivity index (χ1v) is 4.72. The first-order chi connectivity index (χ1) is 6.63. The van der Waals surface area contributed by atoms with Gasteiger partial charge in [-0.25, -0.2) is 4.79 Å². The molecule has 0 radical (unpaired) electrons. The molecule has 0 bridgehead atoms. The average Bonchev–Trinajstić information content (AvgIpc) is 2.45. The van der Waals surface area contributed by atoms with Gasteiger partial charge >= 0.3 is 6.09 Å². The molecule has 7 heteroatoms. The molecule has 0 unspecified atom stereocenters. The van der Waals surface area contributed by atoms with Crippen molar-refractivity contribution >= 4 is 22.0 Å². The van der Waals surface area contributed by atoms with Gasteiger partial charge in [-0.15, -0.1) is 0 Å². The normalized spacial score (nSPS) is 10.1. The number of aromatic nitrogens is 2. The third-order valence-corrected chi connectivity index (χ3v) is 1.98. The third kappa shape index (κ3) is 3.00. The highest BCUT2D eigenvalue weighted by Gasteiger charge is 2.04. The summed E-state index contributed by atoms with van der Waals surface area (Å²) in [6, 6.07) is 1.68. The van der Waals surface area contributed by atoms with Crippen LogP contribution in [0.3, 0.4) is 0 Å². The molecule has 0 saturated heterocycles. The molecule has 0 atom stereocenters. The summed E-state index contributed by atoms with van der Waals surface area (Å²) in [6.07, 6.45) is -1.07. The topological polar surface area (TPSA) is 87.4 Å². The van der Waals surface area contributed by atoms with E-state index in [1.54, 1.807) is 10.7 Å². The van der Waals surface area contributed by atoms with Gasteiger partial charge in [0.15, 0.2) is 0 Å². The summed E-state index contributed by atoms with van der Waals surface area (Å²) in [4.78, 5) is 10.1. The van der Waals surface area contributed by atoms with Crippen LogP contribution >= 0.6 is 15.9 Å². The van der Waals surface area contributed by atoms with E-state index in [4.69, 9.17) is 10.2 Å². The molecule has 0 aliphatic heterocycles. The van der Waals surface area contributed by atoms with Crippen LogP contribution in [0, 0.1) is 0 Å². The van der Waals surface area contributed by atoms with E-state index < -0.39 is 6.09 Å². The minimum absolute atomic E-state index is 0.119. The Morgan fingerprint density at radius 2 is 2.43 bits per heavy atom. The SMILES string of the molecule is O=C(O)NCCn1nc(Br)cc1CO. The third-order valence-electron chi connectivity index (χ3n) is 1.60. The van der Waals surface area contributed by atoms with Gasteiger partial charge in [-0.05, 0) is 22.0 Å². The first-order valence-electron chi connectivity index (χ1n) is 3.93. The zero-order chi connectivity index (χ0) is 10.6. The molecule has 0 aliphatic carbocycles. The van der Waals surface area contributed by atoms with E-state index in [-0.39, 0.29) is 13.2 Å². The molecular formula is C7H10BrN3O3. The molecule has 1 amide bonds. The highest BCUT2D eigenvalue weighted by molar-refractivity contribution is 9.10. The maximum absolute atomic E-state index is 10.1. The molecule has 1 aromatic heterocycles. The molecule has 0 aliphatic rings. The second kappa shape index (κ2) is 4.97. The van der Waals surface area contributed by atoms with E-state index in [1.807, 2.05) is 0 Å². The predicted molar refractivity (Wildman–Crippen MR) is 51.9 cm³/mol. The summed E-state index contributed by atoms with van der Waals surface area (Å²) >= 11 is 3.16. The molecule has 0 fully saturated rings. The van der Waals surface area contributed by atoms with Gasteiger partial charge in [0.1, 0.15) is 4.60 Å². The van der Waals surface area contributed by atoms with Gasteiger partial charge in [-0.2, -0.15) is 5.10 Å². The van der Waals surface area contributed by atoms with E-state index in [1.165, 1.54) is 0 Å². The molecule has 1 heterocycles. The van der Waals surface area contributed by atoms with Gasteiger partial charge in [0.25, 0.3) is 0 Å². The lowest BCUT2D eigenvalue weighted by molar-refractivity contribution is 0.193. The van der Waals surface area contributed by atoms with Crippen LogP contribution in [0.2, 0.25) is 0 Å². The largest absolute Gasteiger partial charge is 0.465 e. The van der Waals surface area contributed by atoms with Crippen LogP contribution in [-0.2, 0) is 13.2 Å². The molecule has 78 valence electrons. The number of halogens is 1. The van der Waals surface area contributed by atoms with Gasteiger partial charge in [-0.1, -0.05) is 0 Å². The van der Waals surface area contributed by atoms with E-state index in [9.17, 15) is 4.79 Å². The lowest BCUT2D eigenvalue weighted by Gasteiger charge is -2.04. The molecule has 14 heavy (non-hydrogen) atoms. The number of nitrogens with zero attached hydrogens (tertiary/aromatic N) is 2. The van der Waals surface area contributed by atoms with E-state index in [0.29, 0.717) is 16.8 Å². The van der Waals surface area contributed by atoms with Crippen LogP contribution in [0.1, 0.15) is 5.69 Å². The predicted octanol–water partition coefficient (Wildman–Crippen LogP) is 0.405. The van der Waals surface area contributed by atoms with Crippen molar-refractivity contribution in [1.82, 2.24) is 15.1 Å². The Morgan fingerprint density at radius 3 is 3.00 bits per heavy atom. The van der Waals surface area contributed by atoms with Crippen molar-refractivity contribution in [1.29, 1.82) is 0 Å². The second-order valence-electron chi connectivity index (χ2n) is 2.57. The smallest absolute Gasteiger partial charge is 0.404 e. The van der Waals surface area contributed by atoms with Crippen LogP contribution in [0.4, 0.5) is 4.79 Å². The van der Waals surface area contributed by atoms with Crippen molar-refractivity contribution in [3.8, 4) is 0 Å². The zero-order valence-corrected chi connectivity index (χ0v) is 8.86. The maximum Gasteiger partial charge on any atom is 0.404 e. The van der Waals surface area contributed by atoms with Gasteiger partial charge < -0.3 is 15.5 Å². The molecule has 6 nitrogen and oxygen atoms in total. The quantitative estimate of drug-likeness (QED) is 0.734. The molecule has 1 aromatic rings. The highest BCUT2D eigenvalue weighted by atomic mass is 79.9. The number of hydrogen-bond acceptors (Lipinski definition) is 3. The fraction of sp³-hybridized carbons (Fsp3) is 0.429. The van der Waals surface area contributed by atoms with E-state index >= 15 is 0 Å². The monoisotopic (exact) mass is 263 g/mol. The number of carboxylic acid groups (broad SMARTS) is 1. The number of carbonyl (C=O) groups is 1. The maximum atomic E-state index is 10.1. The van der Waals surface area contributed by atoms with Crippen molar-refractivity contribution in [3.63, 3.8) is 0 Å². The van der Waals surface area contributed by atoms with Crippen molar-refractivity contribution in [2.24, 2.45) is 0 Å². The van der Waals surface area contributed by atoms with Gasteiger partial charge in [0, 0.05) is 6.54 Å². The molecule has 0 aromatic carbocycles. The summed E-state index contributed by atoms with van der Waals surface area (Å²) in [5.41, 5.74) is 0.643. The van der Waals surface area contributed by atoms with Crippen LogP contribution in [0.5, 0.6) is 0 Å². The van der Waals surface area contributed by atoms with Gasteiger partial charge in [0.05, 0.1) is 18.8 Å². The Bertz CT molecular complexity index is 326. The Hall–Kier alpha value is -1.08. The van der Waals surface area contributed by atoms with Crippen LogP contribution in [0.25, 0.3) is 0 Å². The van der Waals surface area contributed by atoms with Crippen molar-refractivity contribution in [2.75, 3.05) is 6.54 Å². The number of hydrogen-bond donors (Lipinski definition) is 3. The molecule has 0 saturated carbocycles. The molecular weight excluding hydrogens is 254 g/mol. The Morgan fingerprint density at radius 1 is 1.71 bits per heavy atom. The molecule has 0 spiro atoms. The molecule has 3 N–H and O–H groups in total. The average molecular weight is 264 g/mol. The molecule has 1 rings (SSSR count). The second-order valence-corrected chi connectivity index (χ2v) is 3.38. The van der Waals surface area contributed by atoms with Crippen molar-refractivity contribution < 1.29 is 15.0 Å². The minimum Gasteiger partial charge on any atom is -0.465 e. The fourth-order valence-corrected chi connectivity index (χ4v) is 1.47. The van der Waals surface area contributed by atoms with E-state index in [0.717, 1.165) is 0 Å². The van der Waals surface area contributed by atoms with Crippen molar-refractivity contribution in [2.45, 2.75) is 13.2 Å². The number of rotatable bonds is 4. The van der Waals surface area contributed by atoms with E-state index in [2.05, 4.69) is 26.3 Å². The number of amides is 1. The summed E-state index contributed by atoms with van der Waals surface area (Å²) in [5.74, 6) is 0. The Balaban J connectivity index is 2.52. The lowest BCUT2D eigenvalue weighted by atomic mass is 10.4. The van der Waals surface area contributed by atoms with Gasteiger partial charge in [-0.3, -0.25) is 4.68 Å². The van der Waals surface area contributed by atoms with Gasteiger partial charge in [0.2, 0.25) is 0 Å². The number of aliphatic hydroxyl groups excluding tert-OH is 1. The zero-order valence-electron chi connectivity index (χ0n) is 7.27. The summed E-state index contributed by atoms with van der Waals surface area (Å²) in [7, 11) is 0. The Kier molecular flexibility index (Phi) is 3.90. The lowest BCUT2D eigenvalue weighted by Crippen LogP contribution is -2.26. The fourth-order valence-electron chi connectivity index (χ4n) is 1.01. The number of aliphatic hydroxyl groups is 1.